The number of ether oxygens (including phenoxy) is 2. The van der Waals surface area contributed by atoms with Crippen LogP contribution in [0.4, 0.5) is 5.69 Å². The van der Waals surface area contributed by atoms with E-state index in [1.54, 1.807) is 27.9 Å². The normalized spacial score (nSPS) is 13.8. The molecule has 1 aliphatic rings. The molecular weight excluding hydrogens is 424 g/mol. The zero-order valence-electron chi connectivity index (χ0n) is 18.0. The molecule has 2 aromatic carbocycles. The van der Waals surface area contributed by atoms with Gasteiger partial charge in [-0.3, -0.25) is 9.59 Å². The van der Waals surface area contributed by atoms with Crippen molar-refractivity contribution in [1.29, 1.82) is 0 Å². The number of morpholine rings is 1. The fourth-order valence-electron chi connectivity index (χ4n) is 3.78. The molecule has 5 rings (SSSR count). The number of fused-ring (bicyclic) bond motifs is 1. The van der Waals surface area contributed by atoms with Crippen LogP contribution in [0.5, 0.6) is 5.75 Å². The Labute approximate surface area is 189 Å². The van der Waals surface area contributed by atoms with Crippen LogP contribution in [-0.2, 0) is 4.74 Å². The van der Waals surface area contributed by atoms with E-state index in [1.807, 2.05) is 42.5 Å². The quantitative estimate of drug-likeness (QED) is 0.505. The molecule has 3 heterocycles. The molecule has 1 aliphatic heterocycles. The maximum atomic E-state index is 13.3. The summed E-state index contributed by atoms with van der Waals surface area (Å²) < 4.78 is 18.2. The highest BCUT2D eigenvalue weighted by molar-refractivity contribution is 6.14. The molecule has 33 heavy (non-hydrogen) atoms. The van der Waals surface area contributed by atoms with Gasteiger partial charge in [-0.1, -0.05) is 30.3 Å². The van der Waals surface area contributed by atoms with Gasteiger partial charge in [-0.2, -0.15) is 5.10 Å². The number of aromatic nitrogens is 2. The van der Waals surface area contributed by atoms with Crippen LogP contribution in [0, 0.1) is 0 Å². The first-order chi connectivity index (χ1) is 16.2. The van der Waals surface area contributed by atoms with E-state index >= 15 is 0 Å². The first-order valence-electron chi connectivity index (χ1n) is 10.5. The van der Waals surface area contributed by atoms with E-state index in [2.05, 4.69) is 10.4 Å². The van der Waals surface area contributed by atoms with Crippen molar-refractivity contribution in [3.8, 4) is 11.4 Å². The monoisotopic (exact) mass is 446 g/mol. The Hall–Kier alpha value is -4.11. The van der Waals surface area contributed by atoms with Gasteiger partial charge >= 0.3 is 0 Å². The SMILES string of the molecule is COc1cn(-c2ccccc2)nc1C(=O)Nc1c(C(=O)N2CCOCC2)oc2ccccc12. The van der Waals surface area contributed by atoms with Gasteiger partial charge in [0, 0.05) is 18.5 Å². The van der Waals surface area contributed by atoms with E-state index in [1.165, 1.54) is 7.11 Å². The lowest BCUT2D eigenvalue weighted by atomic mass is 10.2. The molecule has 2 amide bonds. The molecule has 0 unspecified atom stereocenters. The number of amides is 2. The van der Waals surface area contributed by atoms with Gasteiger partial charge in [-0.15, -0.1) is 0 Å². The second-order valence-electron chi connectivity index (χ2n) is 7.49. The predicted molar refractivity (Wildman–Crippen MR) is 121 cm³/mol. The highest BCUT2D eigenvalue weighted by atomic mass is 16.5. The van der Waals surface area contributed by atoms with Crippen molar-refractivity contribution in [1.82, 2.24) is 14.7 Å². The fourth-order valence-corrected chi connectivity index (χ4v) is 3.78. The molecule has 0 aliphatic carbocycles. The van der Waals surface area contributed by atoms with E-state index in [9.17, 15) is 9.59 Å². The number of carbonyl (C=O) groups excluding carboxylic acids is 2. The lowest BCUT2D eigenvalue weighted by Crippen LogP contribution is -2.40. The number of para-hydroxylation sites is 2. The number of benzene rings is 2. The smallest absolute Gasteiger partial charge is 0.291 e. The van der Waals surface area contributed by atoms with Gasteiger partial charge < -0.3 is 24.1 Å². The molecule has 0 saturated carbocycles. The lowest BCUT2D eigenvalue weighted by molar-refractivity contribution is 0.0285. The number of furan rings is 1. The van der Waals surface area contributed by atoms with Gasteiger partial charge in [0.1, 0.15) is 11.3 Å². The van der Waals surface area contributed by atoms with Crippen molar-refractivity contribution in [3.63, 3.8) is 0 Å². The highest BCUT2D eigenvalue weighted by Crippen LogP contribution is 2.33. The number of hydrogen-bond acceptors (Lipinski definition) is 6. The van der Waals surface area contributed by atoms with Gasteiger partial charge in [0.25, 0.3) is 11.8 Å². The maximum Gasteiger partial charge on any atom is 0.291 e. The van der Waals surface area contributed by atoms with Gasteiger partial charge in [-0.05, 0) is 24.3 Å². The fraction of sp³-hybridized carbons (Fsp3) is 0.208. The number of nitrogens with zero attached hydrogens (tertiary/aromatic N) is 3. The Morgan fingerprint density at radius 2 is 1.76 bits per heavy atom. The van der Waals surface area contributed by atoms with E-state index in [0.717, 1.165) is 5.69 Å². The largest absolute Gasteiger partial charge is 0.493 e. The van der Waals surface area contributed by atoms with Crippen LogP contribution < -0.4 is 10.1 Å². The summed E-state index contributed by atoms with van der Waals surface area (Å²) in [6, 6.07) is 16.6. The summed E-state index contributed by atoms with van der Waals surface area (Å²) in [5.74, 6) is -0.422. The van der Waals surface area contributed by atoms with E-state index in [4.69, 9.17) is 13.9 Å². The molecule has 0 radical (unpaired) electrons. The highest BCUT2D eigenvalue weighted by Gasteiger charge is 2.29. The maximum absolute atomic E-state index is 13.3. The van der Waals surface area contributed by atoms with Gasteiger partial charge in [0.15, 0.2) is 11.4 Å². The van der Waals surface area contributed by atoms with Gasteiger partial charge in [0.2, 0.25) is 5.76 Å². The van der Waals surface area contributed by atoms with E-state index in [-0.39, 0.29) is 17.4 Å². The van der Waals surface area contributed by atoms with Gasteiger partial charge in [-0.25, -0.2) is 4.68 Å². The summed E-state index contributed by atoms with van der Waals surface area (Å²) in [6.45, 7) is 1.83. The first-order valence-corrected chi connectivity index (χ1v) is 10.5. The van der Waals surface area contributed by atoms with Crippen molar-refractivity contribution in [2.75, 3.05) is 38.7 Å². The Bertz CT molecular complexity index is 1310. The molecule has 168 valence electrons. The number of rotatable bonds is 5. The number of carbonyl (C=O) groups is 2. The molecule has 1 saturated heterocycles. The molecule has 9 heteroatoms. The summed E-state index contributed by atoms with van der Waals surface area (Å²) in [5.41, 5.74) is 1.69. The Balaban J connectivity index is 1.51. The molecule has 1 N–H and O–H groups in total. The minimum Gasteiger partial charge on any atom is -0.493 e. The first kappa shape index (κ1) is 20.8. The number of methoxy groups -OCH3 is 1. The summed E-state index contributed by atoms with van der Waals surface area (Å²) in [7, 11) is 1.48. The third kappa shape index (κ3) is 3.94. The average molecular weight is 446 g/mol. The Morgan fingerprint density at radius 3 is 2.52 bits per heavy atom. The standard InChI is InChI=1S/C24H22N4O5/c1-31-19-15-28(16-7-3-2-4-8-16)26-21(19)23(29)25-20-17-9-5-6-10-18(17)33-22(20)24(30)27-11-13-32-14-12-27/h2-10,15H,11-14H2,1H3,(H,25,29). The summed E-state index contributed by atoms with van der Waals surface area (Å²) in [6.07, 6.45) is 1.64. The average Bonchev–Trinajstić information content (AvgIpc) is 3.47. The number of hydrogen-bond donors (Lipinski definition) is 1. The molecule has 0 bridgehead atoms. The van der Waals surface area contributed by atoms with Crippen molar-refractivity contribution >= 4 is 28.5 Å². The van der Waals surface area contributed by atoms with Crippen LogP contribution in [-0.4, -0.2) is 59.9 Å². The second kappa shape index (κ2) is 8.79. The zero-order chi connectivity index (χ0) is 22.8. The van der Waals surface area contributed by atoms with Crippen molar-refractivity contribution in [2.45, 2.75) is 0 Å². The summed E-state index contributed by atoms with van der Waals surface area (Å²) in [5, 5.41) is 7.88. The summed E-state index contributed by atoms with van der Waals surface area (Å²) in [4.78, 5) is 28.1. The Kier molecular flexibility index (Phi) is 5.54. The number of anilines is 1. The third-order valence-corrected chi connectivity index (χ3v) is 5.46. The van der Waals surface area contributed by atoms with E-state index in [0.29, 0.717) is 48.7 Å². The molecule has 1 fully saturated rings. The van der Waals surface area contributed by atoms with E-state index < -0.39 is 5.91 Å². The molecule has 9 nitrogen and oxygen atoms in total. The molecule has 4 aromatic rings. The summed E-state index contributed by atoms with van der Waals surface area (Å²) >= 11 is 0. The number of nitrogens with one attached hydrogen (secondary N) is 1. The Morgan fingerprint density at radius 1 is 1.03 bits per heavy atom. The lowest BCUT2D eigenvalue weighted by Gasteiger charge is -2.26. The van der Waals surface area contributed by atoms with Crippen LogP contribution in [0.1, 0.15) is 21.0 Å². The molecule has 2 aromatic heterocycles. The zero-order valence-corrected chi connectivity index (χ0v) is 18.0. The second-order valence-corrected chi connectivity index (χ2v) is 7.49. The van der Waals surface area contributed by atoms with Crippen LogP contribution in [0.2, 0.25) is 0 Å². The van der Waals surface area contributed by atoms with Crippen molar-refractivity contribution in [3.05, 3.63) is 72.2 Å². The predicted octanol–water partition coefficient (Wildman–Crippen LogP) is 3.35. The minimum absolute atomic E-state index is 0.0768. The molecular formula is C24H22N4O5. The topological polar surface area (TPSA) is 98.8 Å². The van der Waals surface area contributed by atoms with Crippen molar-refractivity contribution in [2.24, 2.45) is 0 Å². The van der Waals surface area contributed by atoms with Crippen LogP contribution in [0.15, 0.2) is 65.2 Å². The minimum atomic E-state index is -0.510. The van der Waals surface area contributed by atoms with Crippen LogP contribution in [0.3, 0.4) is 0 Å². The van der Waals surface area contributed by atoms with Crippen molar-refractivity contribution < 1.29 is 23.5 Å². The third-order valence-electron chi connectivity index (χ3n) is 5.46. The van der Waals surface area contributed by atoms with Crippen LogP contribution in [0.25, 0.3) is 16.7 Å². The van der Waals surface area contributed by atoms with Gasteiger partial charge in [0.05, 0.1) is 32.2 Å². The van der Waals surface area contributed by atoms with Crippen LogP contribution >= 0.6 is 0 Å². The molecule has 0 atom stereocenters. The molecule has 0 spiro atoms.